The van der Waals surface area contributed by atoms with Crippen LogP contribution in [0, 0.1) is 0 Å². The standard InChI is InChI=1S/C8H12N4.2ClH/c9-8-5-7(11-12-8)6-1-3-10-4-2-6;;/h1-4,7-8,11-12H,5,9H2;2*1H. The quantitative estimate of drug-likeness (QED) is 0.674. The van der Waals surface area contributed by atoms with Gasteiger partial charge in [-0.3, -0.25) is 4.98 Å². The lowest BCUT2D eigenvalue weighted by Gasteiger charge is -2.07. The van der Waals surface area contributed by atoms with Gasteiger partial charge in [0.15, 0.2) is 0 Å². The molecule has 2 unspecified atom stereocenters. The normalized spacial score (nSPS) is 24.9. The Morgan fingerprint density at radius 3 is 2.36 bits per heavy atom. The van der Waals surface area contributed by atoms with Crippen molar-refractivity contribution in [2.75, 3.05) is 0 Å². The van der Waals surface area contributed by atoms with Gasteiger partial charge in [-0.25, -0.2) is 10.9 Å². The van der Waals surface area contributed by atoms with E-state index in [1.54, 1.807) is 12.4 Å². The van der Waals surface area contributed by atoms with E-state index < -0.39 is 0 Å². The van der Waals surface area contributed by atoms with E-state index in [-0.39, 0.29) is 31.0 Å². The summed E-state index contributed by atoms with van der Waals surface area (Å²) in [6.45, 7) is 0. The summed E-state index contributed by atoms with van der Waals surface area (Å²) in [6, 6.07) is 4.32. The predicted molar refractivity (Wildman–Crippen MR) is 60.3 cm³/mol. The van der Waals surface area contributed by atoms with Crippen LogP contribution in [-0.2, 0) is 0 Å². The van der Waals surface area contributed by atoms with Gasteiger partial charge in [-0.15, -0.1) is 24.8 Å². The van der Waals surface area contributed by atoms with Gasteiger partial charge in [-0.2, -0.15) is 0 Å². The molecule has 0 radical (unpaired) electrons. The van der Waals surface area contributed by atoms with Crippen molar-refractivity contribution in [3.63, 3.8) is 0 Å². The molecule has 1 aliphatic rings. The molecular weight excluding hydrogens is 223 g/mol. The molecule has 1 saturated heterocycles. The van der Waals surface area contributed by atoms with Crippen LogP contribution in [0.15, 0.2) is 24.5 Å². The van der Waals surface area contributed by atoms with Crippen LogP contribution >= 0.6 is 24.8 Å². The Bertz CT molecular complexity index is 257. The average molecular weight is 237 g/mol. The van der Waals surface area contributed by atoms with Gasteiger partial charge in [-0.05, 0) is 24.1 Å². The summed E-state index contributed by atoms with van der Waals surface area (Å²) in [7, 11) is 0. The molecule has 0 aromatic carbocycles. The lowest BCUT2D eigenvalue weighted by atomic mass is 10.1. The van der Waals surface area contributed by atoms with Crippen LogP contribution in [0.1, 0.15) is 18.0 Å². The molecule has 2 rings (SSSR count). The molecule has 1 aromatic heterocycles. The zero-order valence-electron chi connectivity index (χ0n) is 7.51. The summed E-state index contributed by atoms with van der Waals surface area (Å²) in [4.78, 5) is 3.96. The van der Waals surface area contributed by atoms with Gasteiger partial charge in [-0.1, -0.05) is 0 Å². The molecule has 6 heteroatoms. The number of nitrogens with zero attached hydrogens (tertiary/aromatic N) is 1. The summed E-state index contributed by atoms with van der Waals surface area (Å²) in [6.07, 6.45) is 4.56. The maximum absolute atomic E-state index is 5.67. The van der Waals surface area contributed by atoms with Crippen molar-refractivity contribution in [3.8, 4) is 0 Å². The molecule has 4 N–H and O–H groups in total. The van der Waals surface area contributed by atoms with Gasteiger partial charge < -0.3 is 5.73 Å². The number of nitrogens with one attached hydrogen (secondary N) is 2. The van der Waals surface area contributed by atoms with E-state index in [4.69, 9.17) is 5.73 Å². The second kappa shape index (κ2) is 6.16. The molecule has 0 bridgehead atoms. The van der Waals surface area contributed by atoms with E-state index in [1.165, 1.54) is 5.56 Å². The molecule has 1 aliphatic heterocycles. The summed E-state index contributed by atoms with van der Waals surface area (Å²) < 4.78 is 0. The van der Waals surface area contributed by atoms with Crippen molar-refractivity contribution in [1.29, 1.82) is 0 Å². The third-order valence-corrected chi connectivity index (χ3v) is 2.04. The smallest absolute Gasteiger partial charge is 0.0698 e. The minimum Gasteiger partial charge on any atom is -0.315 e. The molecule has 4 nitrogen and oxygen atoms in total. The first-order chi connectivity index (χ1) is 5.86. The van der Waals surface area contributed by atoms with Gasteiger partial charge in [0.1, 0.15) is 0 Å². The second-order valence-corrected chi connectivity index (χ2v) is 2.96. The van der Waals surface area contributed by atoms with Crippen molar-refractivity contribution < 1.29 is 0 Å². The third-order valence-electron chi connectivity index (χ3n) is 2.04. The monoisotopic (exact) mass is 236 g/mol. The van der Waals surface area contributed by atoms with E-state index in [0.717, 1.165) is 6.42 Å². The number of pyridine rings is 1. The maximum Gasteiger partial charge on any atom is 0.0698 e. The number of hydrazine groups is 1. The number of halogens is 2. The summed E-state index contributed by atoms with van der Waals surface area (Å²) in [5.74, 6) is 0. The Morgan fingerprint density at radius 2 is 1.86 bits per heavy atom. The van der Waals surface area contributed by atoms with Gasteiger partial charge >= 0.3 is 0 Å². The molecule has 1 aromatic rings. The van der Waals surface area contributed by atoms with Crippen LogP contribution in [0.5, 0.6) is 0 Å². The van der Waals surface area contributed by atoms with E-state index in [2.05, 4.69) is 15.8 Å². The van der Waals surface area contributed by atoms with E-state index in [9.17, 15) is 0 Å². The molecule has 0 amide bonds. The molecule has 0 spiro atoms. The van der Waals surface area contributed by atoms with E-state index >= 15 is 0 Å². The van der Waals surface area contributed by atoms with Crippen LogP contribution in [0.4, 0.5) is 0 Å². The molecule has 2 atom stereocenters. The van der Waals surface area contributed by atoms with Crippen LogP contribution in [0.3, 0.4) is 0 Å². The Labute approximate surface area is 95.5 Å². The fraction of sp³-hybridized carbons (Fsp3) is 0.375. The first-order valence-electron chi connectivity index (χ1n) is 4.03. The molecule has 0 aliphatic carbocycles. The molecule has 1 fully saturated rings. The van der Waals surface area contributed by atoms with Crippen molar-refractivity contribution in [2.24, 2.45) is 5.73 Å². The first-order valence-corrected chi connectivity index (χ1v) is 4.03. The number of rotatable bonds is 1. The van der Waals surface area contributed by atoms with Gasteiger partial charge in [0, 0.05) is 18.4 Å². The van der Waals surface area contributed by atoms with Crippen molar-refractivity contribution >= 4 is 24.8 Å². The topological polar surface area (TPSA) is 63.0 Å². The van der Waals surface area contributed by atoms with E-state index in [1.807, 2.05) is 12.1 Å². The third kappa shape index (κ3) is 3.08. The Hall–Kier alpha value is -0.390. The van der Waals surface area contributed by atoms with Gasteiger partial charge in [0.2, 0.25) is 0 Å². The number of hydrogen-bond acceptors (Lipinski definition) is 4. The second-order valence-electron chi connectivity index (χ2n) is 2.96. The lowest BCUT2D eigenvalue weighted by molar-refractivity contribution is 0.551. The first kappa shape index (κ1) is 13.6. The Balaban J connectivity index is 0.000000845. The van der Waals surface area contributed by atoms with Gasteiger partial charge in [0.25, 0.3) is 0 Å². The number of hydrogen-bond donors (Lipinski definition) is 3. The maximum atomic E-state index is 5.67. The highest BCUT2D eigenvalue weighted by Crippen LogP contribution is 2.18. The van der Waals surface area contributed by atoms with E-state index in [0.29, 0.717) is 6.04 Å². The minimum atomic E-state index is 0. The lowest BCUT2D eigenvalue weighted by Crippen LogP contribution is -2.36. The van der Waals surface area contributed by atoms with Crippen molar-refractivity contribution in [2.45, 2.75) is 18.6 Å². The van der Waals surface area contributed by atoms with Gasteiger partial charge in [0.05, 0.1) is 6.17 Å². The molecule has 2 heterocycles. The SMILES string of the molecule is Cl.Cl.NC1CC(c2ccncc2)NN1. The highest BCUT2D eigenvalue weighted by molar-refractivity contribution is 5.85. The van der Waals surface area contributed by atoms with Crippen LogP contribution in [0.25, 0.3) is 0 Å². The van der Waals surface area contributed by atoms with Crippen LogP contribution in [-0.4, -0.2) is 11.1 Å². The highest BCUT2D eigenvalue weighted by Gasteiger charge is 2.21. The minimum absolute atomic E-state index is 0. The zero-order chi connectivity index (χ0) is 8.39. The van der Waals surface area contributed by atoms with Crippen LogP contribution in [0.2, 0.25) is 0 Å². The zero-order valence-corrected chi connectivity index (χ0v) is 9.15. The average Bonchev–Trinajstić information content (AvgIpc) is 2.54. The molecule has 14 heavy (non-hydrogen) atoms. The summed E-state index contributed by atoms with van der Waals surface area (Å²) >= 11 is 0. The molecular formula is C8H14Cl2N4. The number of nitrogens with two attached hydrogens (primary N) is 1. The van der Waals surface area contributed by atoms with Crippen molar-refractivity contribution in [3.05, 3.63) is 30.1 Å². The summed E-state index contributed by atoms with van der Waals surface area (Å²) in [5, 5.41) is 0. The Kier molecular flexibility index (Phi) is 5.99. The Morgan fingerprint density at radius 1 is 1.21 bits per heavy atom. The predicted octanol–water partition coefficient (Wildman–Crippen LogP) is 0.749. The fourth-order valence-electron chi connectivity index (χ4n) is 1.39. The molecule has 80 valence electrons. The fourth-order valence-corrected chi connectivity index (χ4v) is 1.39. The summed E-state index contributed by atoms with van der Waals surface area (Å²) in [5.41, 5.74) is 13.0. The molecule has 0 saturated carbocycles. The number of aromatic nitrogens is 1. The largest absolute Gasteiger partial charge is 0.315 e. The van der Waals surface area contributed by atoms with Crippen LogP contribution < -0.4 is 16.6 Å². The highest BCUT2D eigenvalue weighted by atomic mass is 35.5. The van der Waals surface area contributed by atoms with Crippen molar-refractivity contribution in [1.82, 2.24) is 15.8 Å².